The number of anilines is 1. The molecule has 3 heteroatoms. The minimum Gasteiger partial charge on any atom is -0.315 e. The van der Waals surface area contributed by atoms with Crippen molar-refractivity contribution in [3.63, 3.8) is 0 Å². The van der Waals surface area contributed by atoms with Crippen LogP contribution in [0.3, 0.4) is 0 Å². The summed E-state index contributed by atoms with van der Waals surface area (Å²) in [6, 6.07) is 16.0. The highest BCUT2D eigenvalue weighted by Crippen LogP contribution is 2.14. The van der Waals surface area contributed by atoms with Gasteiger partial charge in [-0.05, 0) is 30.2 Å². The van der Waals surface area contributed by atoms with Crippen LogP contribution in [0.5, 0.6) is 0 Å². The van der Waals surface area contributed by atoms with E-state index >= 15 is 0 Å². The van der Waals surface area contributed by atoms with Gasteiger partial charge in [0, 0.05) is 19.2 Å². The fourth-order valence-corrected chi connectivity index (χ4v) is 1.91. The number of nitrogens with zero attached hydrogens (tertiary/aromatic N) is 1. The molecule has 0 N–H and O–H groups in total. The summed E-state index contributed by atoms with van der Waals surface area (Å²) in [7, 11) is 1.74. The molecule has 0 aliphatic carbocycles. The number of hydrogen-bond acceptors (Lipinski definition) is 1. The highest BCUT2D eigenvalue weighted by molar-refractivity contribution is 5.92. The van der Waals surface area contributed by atoms with E-state index in [1.165, 1.54) is 6.07 Å². The molecule has 0 aliphatic rings. The largest absolute Gasteiger partial charge is 0.315 e. The van der Waals surface area contributed by atoms with Crippen LogP contribution in [0.25, 0.3) is 0 Å². The Hall–Kier alpha value is -2.16. The maximum Gasteiger partial charge on any atom is 0.227 e. The van der Waals surface area contributed by atoms with Gasteiger partial charge in [-0.1, -0.05) is 36.4 Å². The molecule has 0 radical (unpaired) electrons. The first-order valence-corrected chi connectivity index (χ1v) is 6.23. The summed E-state index contributed by atoms with van der Waals surface area (Å²) in [5.41, 5.74) is 1.43. The second kappa shape index (κ2) is 6.14. The Bertz CT molecular complexity index is 554. The van der Waals surface area contributed by atoms with Gasteiger partial charge >= 0.3 is 0 Å². The van der Waals surface area contributed by atoms with Crippen molar-refractivity contribution in [3.05, 3.63) is 66.0 Å². The fourth-order valence-electron chi connectivity index (χ4n) is 1.91. The monoisotopic (exact) mass is 257 g/mol. The first-order chi connectivity index (χ1) is 9.18. The first-order valence-electron chi connectivity index (χ1n) is 6.23. The number of benzene rings is 2. The van der Waals surface area contributed by atoms with Gasteiger partial charge in [-0.3, -0.25) is 4.79 Å². The van der Waals surface area contributed by atoms with Crippen LogP contribution in [-0.4, -0.2) is 13.0 Å². The van der Waals surface area contributed by atoms with E-state index in [0.29, 0.717) is 18.4 Å². The van der Waals surface area contributed by atoms with Gasteiger partial charge < -0.3 is 4.90 Å². The summed E-state index contributed by atoms with van der Waals surface area (Å²) in [4.78, 5) is 13.6. The minimum absolute atomic E-state index is 0.0190. The molecule has 0 heterocycles. The average molecular weight is 257 g/mol. The Kier molecular flexibility index (Phi) is 4.29. The molecule has 2 nitrogen and oxygen atoms in total. The number of carbonyl (C=O) groups excluding carboxylic acids is 1. The lowest BCUT2D eigenvalue weighted by Gasteiger charge is -2.17. The van der Waals surface area contributed by atoms with Crippen LogP contribution < -0.4 is 4.90 Å². The molecule has 0 spiro atoms. The molecule has 2 aromatic rings. The van der Waals surface area contributed by atoms with E-state index < -0.39 is 0 Å². The number of carbonyl (C=O) groups is 1. The summed E-state index contributed by atoms with van der Waals surface area (Å²) in [5, 5.41) is 0. The number of rotatable bonds is 4. The molecule has 2 aromatic carbocycles. The third-order valence-corrected chi connectivity index (χ3v) is 3.08. The third-order valence-electron chi connectivity index (χ3n) is 3.08. The van der Waals surface area contributed by atoms with Gasteiger partial charge in [0.25, 0.3) is 0 Å². The zero-order chi connectivity index (χ0) is 13.7. The molecule has 0 unspecified atom stereocenters. The number of hydrogen-bond donors (Lipinski definition) is 0. The maximum absolute atomic E-state index is 13.4. The molecule has 19 heavy (non-hydrogen) atoms. The van der Waals surface area contributed by atoms with Gasteiger partial charge in [0.15, 0.2) is 0 Å². The second-order valence-corrected chi connectivity index (χ2v) is 4.38. The third kappa shape index (κ3) is 3.41. The Morgan fingerprint density at radius 2 is 1.68 bits per heavy atom. The molecular weight excluding hydrogens is 241 g/mol. The smallest absolute Gasteiger partial charge is 0.227 e. The van der Waals surface area contributed by atoms with E-state index in [1.54, 1.807) is 30.1 Å². The van der Waals surface area contributed by atoms with Crippen LogP contribution in [0.15, 0.2) is 54.6 Å². The van der Waals surface area contributed by atoms with Gasteiger partial charge in [0.05, 0.1) is 0 Å². The molecule has 2 rings (SSSR count). The van der Waals surface area contributed by atoms with Gasteiger partial charge in [-0.2, -0.15) is 0 Å². The van der Waals surface area contributed by atoms with Gasteiger partial charge in [-0.25, -0.2) is 4.39 Å². The molecule has 98 valence electrons. The molecule has 1 amide bonds. The van der Waals surface area contributed by atoms with Crippen LogP contribution in [0.1, 0.15) is 12.0 Å². The van der Waals surface area contributed by atoms with Crippen molar-refractivity contribution in [1.82, 2.24) is 0 Å². The van der Waals surface area contributed by atoms with Crippen LogP contribution in [-0.2, 0) is 11.2 Å². The Labute approximate surface area is 112 Å². The van der Waals surface area contributed by atoms with Gasteiger partial charge in [-0.15, -0.1) is 0 Å². The quantitative estimate of drug-likeness (QED) is 0.821. The zero-order valence-corrected chi connectivity index (χ0v) is 10.8. The zero-order valence-electron chi connectivity index (χ0n) is 10.8. The number of amides is 1. The van der Waals surface area contributed by atoms with Crippen LogP contribution in [0.4, 0.5) is 10.1 Å². The van der Waals surface area contributed by atoms with Crippen LogP contribution in [0.2, 0.25) is 0 Å². The Balaban J connectivity index is 1.97. The molecular formula is C16H16FNO. The van der Waals surface area contributed by atoms with E-state index in [-0.39, 0.29) is 11.7 Å². The van der Waals surface area contributed by atoms with Crippen LogP contribution in [0, 0.1) is 5.82 Å². The van der Waals surface area contributed by atoms with Crippen molar-refractivity contribution in [2.75, 3.05) is 11.9 Å². The summed E-state index contributed by atoms with van der Waals surface area (Å²) in [5.74, 6) is -0.271. The molecule has 0 saturated heterocycles. The molecule has 0 fully saturated rings. The molecule has 0 saturated carbocycles. The summed E-state index contributed by atoms with van der Waals surface area (Å²) < 4.78 is 13.4. The Morgan fingerprint density at radius 1 is 1.05 bits per heavy atom. The highest BCUT2D eigenvalue weighted by Gasteiger charge is 2.11. The molecule has 0 atom stereocenters. The Morgan fingerprint density at radius 3 is 2.37 bits per heavy atom. The highest BCUT2D eigenvalue weighted by atomic mass is 19.1. The number of aryl methyl sites for hydroxylation is 1. The summed E-state index contributed by atoms with van der Waals surface area (Å²) in [6.07, 6.45) is 0.717. The van der Waals surface area contributed by atoms with Crippen LogP contribution >= 0.6 is 0 Å². The van der Waals surface area contributed by atoms with Crippen molar-refractivity contribution < 1.29 is 9.18 Å². The van der Waals surface area contributed by atoms with Gasteiger partial charge in [0.1, 0.15) is 5.82 Å². The van der Waals surface area contributed by atoms with Crippen molar-refractivity contribution in [1.29, 1.82) is 0 Å². The summed E-state index contributed by atoms with van der Waals surface area (Å²) in [6.45, 7) is 0. The predicted octanol–water partition coefficient (Wildman–Crippen LogP) is 3.42. The van der Waals surface area contributed by atoms with E-state index in [2.05, 4.69) is 0 Å². The van der Waals surface area contributed by atoms with Crippen molar-refractivity contribution in [3.8, 4) is 0 Å². The van der Waals surface area contributed by atoms with Crippen molar-refractivity contribution >= 4 is 11.6 Å². The number of halogens is 1. The second-order valence-electron chi connectivity index (χ2n) is 4.38. The van der Waals surface area contributed by atoms with Gasteiger partial charge in [0.2, 0.25) is 5.91 Å². The first kappa shape index (κ1) is 13.3. The molecule has 0 aliphatic heterocycles. The lowest BCUT2D eigenvalue weighted by molar-refractivity contribution is -0.118. The van der Waals surface area contributed by atoms with E-state index in [1.807, 2.05) is 30.3 Å². The molecule has 0 aromatic heterocycles. The minimum atomic E-state index is -0.252. The SMILES string of the molecule is CN(C(=O)CCc1ccccc1F)c1ccccc1. The maximum atomic E-state index is 13.4. The molecule has 0 bridgehead atoms. The van der Waals surface area contributed by atoms with E-state index in [0.717, 1.165) is 5.69 Å². The van der Waals surface area contributed by atoms with E-state index in [4.69, 9.17) is 0 Å². The standard InChI is InChI=1S/C16H16FNO/c1-18(14-8-3-2-4-9-14)16(19)12-11-13-7-5-6-10-15(13)17/h2-10H,11-12H2,1H3. The normalized spacial score (nSPS) is 10.2. The summed E-state index contributed by atoms with van der Waals surface area (Å²) >= 11 is 0. The van der Waals surface area contributed by atoms with Crippen molar-refractivity contribution in [2.24, 2.45) is 0 Å². The fraction of sp³-hybridized carbons (Fsp3) is 0.188. The van der Waals surface area contributed by atoms with Crippen molar-refractivity contribution in [2.45, 2.75) is 12.8 Å². The predicted molar refractivity (Wildman–Crippen MR) is 74.6 cm³/mol. The lowest BCUT2D eigenvalue weighted by atomic mass is 10.1. The van der Waals surface area contributed by atoms with E-state index in [9.17, 15) is 9.18 Å². The average Bonchev–Trinajstić information content (AvgIpc) is 2.46. The lowest BCUT2D eigenvalue weighted by Crippen LogP contribution is -2.26. The number of para-hydroxylation sites is 1. The topological polar surface area (TPSA) is 20.3 Å².